The third-order valence-electron chi connectivity index (χ3n) is 1.71. The summed E-state index contributed by atoms with van der Waals surface area (Å²) in [6.07, 6.45) is 0. The van der Waals surface area contributed by atoms with E-state index in [2.05, 4.69) is 0 Å². The van der Waals surface area contributed by atoms with Crippen LogP contribution in [-0.2, 0) is 0 Å². The van der Waals surface area contributed by atoms with Crippen LogP contribution in [0, 0.1) is 35.0 Å². The SMILES string of the molecule is C[C](C)c1c(F)c(F)c(F)c(F)c1F. The Labute approximate surface area is 77.4 Å². The van der Waals surface area contributed by atoms with Gasteiger partial charge in [0.15, 0.2) is 23.3 Å². The molecule has 0 amide bonds. The van der Waals surface area contributed by atoms with Crippen molar-refractivity contribution >= 4 is 0 Å². The Morgan fingerprint density at radius 1 is 0.643 bits per heavy atom. The minimum Gasteiger partial charge on any atom is -0.203 e. The summed E-state index contributed by atoms with van der Waals surface area (Å²) in [6.45, 7) is 2.52. The van der Waals surface area contributed by atoms with Gasteiger partial charge in [0.2, 0.25) is 5.82 Å². The third-order valence-corrected chi connectivity index (χ3v) is 1.71. The van der Waals surface area contributed by atoms with Crippen molar-refractivity contribution in [1.29, 1.82) is 0 Å². The van der Waals surface area contributed by atoms with Gasteiger partial charge in [0, 0.05) is 11.5 Å². The van der Waals surface area contributed by atoms with E-state index in [0.29, 0.717) is 0 Å². The Bertz CT molecular complexity index is 341. The first-order chi connectivity index (χ1) is 6.37. The van der Waals surface area contributed by atoms with Crippen LogP contribution in [-0.4, -0.2) is 0 Å². The van der Waals surface area contributed by atoms with Crippen LogP contribution in [0.5, 0.6) is 0 Å². The lowest BCUT2D eigenvalue weighted by Gasteiger charge is -2.09. The molecule has 1 aromatic rings. The number of rotatable bonds is 1. The van der Waals surface area contributed by atoms with Crippen molar-refractivity contribution in [3.05, 3.63) is 40.6 Å². The van der Waals surface area contributed by atoms with Crippen LogP contribution >= 0.6 is 0 Å². The van der Waals surface area contributed by atoms with Gasteiger partial charge in [0.05, 0.1) is 0 Å². The molecule has 1 rings (SSSR count). The van der Waals surface area contributed by atoms with Crippen molar-refractivity contribution in [2.24, 2.45) is 0 Å². The lowest BCUT2D eigenvalue weighted by molar-refractivity contribution is 0.372. The molecule has 0 N–H and O–H groups in total. The summed E-state index contributed by atoms with van der Waals surface area (Å²) < 4.78 is 63.5. The third kappa shape index (κ3) is 1.47. The van der Waals surface area contributed by atoms with Crippen LogP contribution in [0.2, 0.25) is 0 Å². The first-order valence-electron chi connectivity index (χ1n) is 3.69. The van der Waals surface area contributed by atoms with E-state index in [1.807, 2.05) is 0 Å². The zero-order valence-electron chi connectivity index (χ0n) is 7.39. The fraction of sp³-hybridized carbons (Fsp3) is 0.222. The lowest BCUT2D eigenvalue weighted by atomic mass is 10.0. The Morgan fingerprint density at radius 3 is 1.21 bits per heavy atom. The number of halogens is 5. The highest BCUT2D eigenvalue weighted by molar-refractivity contribution is 5.33. The van der Waals surface area contributed by atoms with E-state index in [1.54, 1.807) is 0 Å². The predicted octanol–water partition coefficient (Wildman–Crippen LogP) is 3.34. The molecule has 0 heterocycles. The summed E-state index contributed by atoms with van der Waals surface area (Å²) in [6, 6.07) is 0. The zero-order valence-corrected chi connectivity index (χ0v) is 7.39. The smallest absolute Gasteiger partial charge is 0.200 e. The maximum absolute atomic E-state index is 12.9. The van der Waals surface area contributed by atoms with Crippen LogP contribution < -0.4 is 0 Å². The molecule has 1 radical (unpaired) electrons. The predicted molar refractivity (Wildman–Crippen MR) is 39.9 cm³/mol. The van der Waals surface area contributed by atoms with Gasteiger partial charge < -0.3 is 0 Å². The van der Waals surface area contributed by atoms with E-state index in [-0.39, 0.29) is 5.92 Å². The summed E-state index contributed by atoms with van der Waals surface area (Å²) in [4.78, 5) is 0. The molecule has 0 bridgehead atoms. The maximum Gasteiger partial charge on any atom is 0.200 e. The summed E-state index contributed by atoms with van der Waals surface area (Å²) in [5.74, 6) is -9.52. The maximum atomic E-state index is 12.9. The molecule has 0 aliphatic carbocycles. The molecule has 0 saturated heterocycles. The van der Waals surface area contributed by atoms with Crippen molar-refractivity contribution in [3.8, 4) is 0 Å². The van der Waals surface area contributed by atoms with Crippen molar-refractivity contribution in [2.75, 3.05) is 0 Å². The molecule has 0 nitrogen and oxygen atoms in total. The van der Waals surface area contributed by atoms with Crippen molar-refractivity contribution in [2.45, 2.75) is 13.8 Å². The molecule has 14 heavy (non-hydrogen) atoms. The molecule has 0 saturated carbocycles. The highest BCUT2D eigenvalue weighted by Gasteiger charge is 2.26. The minimum absolute atomic E-state index is 0.0257. The minimum atomic E-state index is -2.13. The summed E-state index contributed by atoms with van der Waals surface area (Å²) in [5, 5.41) is 0. The fourth-order valence-electron chi connectivity index (χ4n) is 1.04. The Kier molecular flexibility index (Phi) is 2.78. The first kappa shape index (κ1) is 10.9. The van der Waals surface area contributed by atoms with E-state index in [1.165, 1.54) is 13.8 Å². The van der Waals surface area contributed by atoms with E-state index in [0.717, 1.165) is 0 Å². The second kappa shape index (κ2) is 3.55. The van der Waals surface area contributed by atoms with E-state index >= 15 is 0 Å². The molecule has 0 aromatic heterocycles. The van der Waals surface area contributed by atoms with Crippen LogP contribution in [0.1, 0.15) is 19.4 Å². The normalized spacial score (nSPS) is 11.1. The van der Waals surface area contributed by atoms with Gasteiger partial charge >= 0.3 is 0 Å². The van der Waals surface area contributed by atoms with Gasteiger partial charge in [-0.05, 0) is 0 Å². The average molecular weight is 209 g/mol. The molecular weight excluding hydrogens is 203 g/mol. The first-order valence-corrected chi connectivity index (χ1v) is 3.69. The second-order valence-electron chi connectivity index (χ2n) is 2.94. The van der Waals surface area contributed by atoms with Crippen LogP contribution in [0.4, 0.5) is 22.0 Å². The van der Waals surface area contributed by atoms with Crippen molar-refractivity contribution in [3.63, 3.8) is 0 Å². The Morgan fingerprint density at radius 2 is 0.929 bits per heavy atom. The fourth-order valence-corrected chi connectivity index (χ4v) is 1.04. The van der Waals surface area contributed by atoms with Crippen LogP contribution in [0.15, 0.2) is 0 Å². The van der Waals surface area contributed by atoms with Gasteiger partial charge in [-0.15, -0.1) is 0 Å². The monoisotopic (exact) mass is 209 g/mol. The van der Waals surface area contributed by atoms with Crippen LogP contribution in [0.3, 0.4) is 0 Å². The lowest BCUT2D eigenvalue weighted by Crippen LogP contribution is -2.08. The van der Waals surface area contributed by atoms with Crippen molar-refractivity contribution < 1.29 is 22.0 Å². The van der Waals surface area contributed by atoms with Gasteiger partial charge in [-0.25, -0.2) is 22.0 Å². The van der Waals surface area contributed by atoms with Crippen LogP contribution in [0.25, 0.3) is 0 Å². The molecule has 1 aromatic carbocycles. The van der Waals surface area contributed by atoms with E-state index in [4.69, 9.17) is 0 Å². The molecule has 0 aliphatic rings. The Hall–Kier alpha value is -1.13. The average Bonchev–Trinajstić information content (AvgIpc) is 2.11. The summed E-state index contributed by atoms with van der Waals surface area (Å²) in [5.41, 5.74) is -0.860. The van der Waals surface area contributed by atoms with Gasteiger partial charge in [0.1, 0.15) is 0 Å². The molecule has 0 atom stereocenters. The van der Waals surface area contributed by atoms with Gasteiger partial charge in [-0.3, -0.25) is 0 Å². The molecule has 0 fully saturated rings. The number of hydrogen-bond donors (Lipinski definition) is 0. The van der Waals surface area contributed by atoms with Gasteiger partial charge in [-0.1, -0.05) is 13.8 Å². The standard InChI is InChI=1S/C9H6F5/c1-3(2)4-5(10)7(12)9(14)8(13)6(4)11/h1-2H3. The molecule has 5 heteroatoms. The van der Waals surface area contributed by atoms with Gasteiger partial charge in [-0.2, -0.15) is 0 Å². The number of hydrogen-bond acceptors (Lipinski definition) is 0. The Balaban J connectivity index is 3.60. The summed E-state index contributed by atoms with van der Waals surface area (Å²) in [7, 11) is 0. The highest BCUT2D eigenvalue weighted by Crippen LogP contribution is 2.27. The summed E-state index contributed by atoms with van der Waals surface area (Å²) >= 11 is 0. The molecule has 0 spiro atoms. The van der Waals surface area contributed by atoms with Crippen molar-refractivity contribution in [1.82, 2.24) is 0 Å². The topological polar surface area (TPSA) is 0 Å². The molecule has 77 valence electrons. The molecule has 0 aliphatic heterocycles. The second-order valence-corrected chi connectivity index (χ2v) is 2.94. The quantitative estimate of drug-likeness (QED) is 0.378. The van der Waals surface area contributed by atoms with E-state index < -0.39 is 34.6 Å². The largest absolute Gasteiger partial charge is 0.203 e. The molecule has 0 unspecified atom stereocenters. The zero-order chi connectivity index (χ0) is 11.0. The number of benzene rings is 1. The highest BCUT2D eigenvalue weighted by atomic mass is 19.2. The van der Waals surface area contributed by atoms with E-state index in [9.17, 15) is 22.0 Å². The van der Waals surface area contributed by atoms with Gasteiger partial charge in [0.25, 0.3) is 0 Å². The molecular formula is C9H6F5.